The molecule has 1 N–H and O–H groups in total. The number of rotatable bonds is 6. The van der Waals surface area contributed by atoms with Crippen LogP contribution in [0.4, 0.5) is 0 Å². The van der Waals surface area contributed by atoms with Gasteiger partial charge in [0.1, 0.15) is 5.75 Å². The van der Waals surface area contributed by atoms with Crippen LogP contribution in [0.1, 0.15) is 36.3 Å². The zero-order valence-electron chi connectivity index (χ0n) is 15.2. The van der Waals surface area contributed by atoms with E-state index in [4.69, 9.17) is 4.74 Å². The molecule has 0 saturated heterocycles. The maximum Gasteiger partial charge on any atom is 0.221 e. The van der Waals surface area contributed by atoms with Gasteiger partial charge < -0.3 is 14.6 Å². The third kappa shape index (κ3) is 3.32. The molecule has 0 unspecified atom stereocenters. The summed E-state index contributed by atoms with van der Waals surface area (Å²) < 4.78 is 7.43. The van der Waals surface area contributed by atoms with Gasteiger partial charge >= 0.3 is 0 Å². The lowest BCUT2D eigenvalue weighted by atomic mass is 9.88. The van der Waals surface area contributed by atoms with Gasteiger partial charge in [-0.15, -0.1) is 0 Å². The monoisotopic (exact) mass is 348 g/mol. The van der Waals surface area contributed by atoms with Crippen LogP contribution in [0.25, 0.3) is 10.9 Å². The summed E-state index contributed by atoms with van der Waals surface area (Å²) in [5.74, 6) is 0.972. The van der Waals surface area contributed by atoms with Crippen molar-refractivity contribution in [2.75, 3.05) is 7.11 Å². The Morgan fingerprint density at radius 2 is 1.92 bits per heavy atom. The molecule has 2 aromatic carbocycles. The number of hydrogen-bond donors (Lipinski definition) is 1. The maximum atomic E-state index is 12.6. The number of nitrogens with one attached hydrogen (secondary N) is 1. The summed E-state index contributed by atoms with van der Waals surface area (Å²) in [6.07, 6.45) is 4.82. The number of methoxy groups -OCH3 is 1. The Morgan fingerprint density at radius 1 is 1.19 bits per heavy atom. The van der Waals surface area contributed by atoms with Crippen LogP contribution in [-0.2, 0) is 11.8 Å². The van der Waals surface area contributed by atoms with Crippen molar-refractivity contribution in [3.63, 3.8) is 0 Å². The highest BCUT2D eigenvalue weighted by molar-refractivity contribution is 5.86. The molecule has 4 heteroatoms. The van der Waals surface area contributed by atoms with Gasteiger partial charge in [-0.05, 0) is 42.2 Å². The van der Waals surface area contributed by atoms with Gasteiger partial charge in [0.05, 0.1) is 7.11 Å². The van der Waals surface area contributed by atoms with E-state index in [1.807, 2.05) is 18.2 Å². The first-order valence-electron chi connectivity index (χ1n) is 9.13. The van der Waals surface area contributed by atoms with Crippen molar-refractivity contribution in [3.05, 3.63) is 65.9 Å². The first-order valence-corrected chi connectivity index (χ1v) is 9.13. The van der Waals surface area contributed by atoms with E-state index in [-0.39, 0.29) is 11.8 Å². The number of carbonyl (C=O) groups is 1. The normalized spacial score (nSPS) is 15.0. The van der Waals surface area contributed by atoms with E-state index in [0.29, 0.717) is 12.5 Å². The minimum Gasteiger partial charge on any atom is -0.497 e. The number of carbonyl (C=O) groups excluding carboxylic acids is 1. The number of aryl methyl sites for hydroxylation is 1. The highest BCUT2D eigenvalue weighted by Crippen LogP contribution is 2.35. The molecule has 0 aliphatic heterocycles. The van der Waals surface area contributed by atoms with Crippen LogP contribution in [0.3, 0.4) is 0 Å². The van der Waals surface area contributed by atoms with Crippen LogP contribution >= 0.6 is 0 Å². The predicted molar refractivity (Wildman–Crippen MR) is 104 cm³/mol. The summed E-state index contributed by atoms with van der Waals surface area (Å²) in [6, 6.07) is 16.8. The number of ether oxygens (including phenoxy) is 1. The highest BCUT2D eigenvalue weighted by atomic mass is 16.5. The topological polar surface area (TPSA) is 43.3 Å². The van der Waals surface area contributed by atoms with Crippen LogP contribution in [0.2, 0.25) is 0 Å². The minimum absolute atomic E-state index is 0.0192. The van der Waals surface area contributed by atoms with Crippen LogP contribution in [0.5, 0.6) is 5.75 Å². The lowest BCUT2D eigenvalue weighted by molar-refractivity contribution is -0.121. The van der Waals surface area contributed by atoms with Crippen LogP contribution < -0.4 is 10.1 Å². The van der Waals surface area contributed by atoms with E-state index in [2.05, 4.69) is 53.5 Å². The molecule has 4 rings (SSSR count). The Labute approximate surface area is 153 Å². The second kappa shape index (κ2) is 6.87. The van der Waals surface area contributed by atoms with Crippen molar-refractivity contribution in [2.24, 2.45) is 7.05 Å². The first kappa shape index (κ1) is 16.7. The van der Waals surface area contributed by atoms with Crippen LogP contribution in [0, 0.1) is 0 Å². The molecule has 134 valence electrons. The lowest BCUT2D eigenvalue weighted by Gasteiger charge is -2.17. The molecular formula is C22H24N2O2. The fourth-order valence-electron chi connectivity index (χ4n) is 3.59. The van der Waals surface area contributed by atoms with Crippen molar-refractivity contribution >= 4 is 16.8 Å². The molecule has 1 saturated carbocycles. The molecule has 4 nitrogen and oxygen atoms in total. The summed E-state index contributed by atoms with van der Waals surface area (Å²) in [4.78, 5) is 12.6. The summed E-state index contributed by atoms with van der Waals surface area (Å²) in [7, 11) is 3.72. The number of benzene rings is 2. The fourth-order valence-corrected chi connectivity index (χ4v) is 3.59. The molecular weight excluding hydrogens is 324 g/mol. The quantitative estimate of drug-likeness (QED) is 0.732. The second-order valence-electron chi connectivity index (χ2n) is 7.08. The highest BCUT2D eigenvalue weighted by Gasteiger charge is 2.27. The molecule has 0 bridgehead atoms. The smallest absolute Gasteiger partial charge is 0.221 e. The van der Waals surface area contributed by atoms with E-state index >= 15 is 0 Å². The van der Waals surface area contributed by atoms with Gasteiger partial charge in [0, 0.05) is 42.5 Å². The van der Waals surface area contributed by atoms with Gasteiger partial charge in [-0.1, -0.05) is 30.3 Å². The van der Waals surface area contributed by atoms with Gasteiger partial charge in [-0.3, -0.25) is 4.79 Å². The largest absolute Gasteiger partial charge is 0.497 e. The standard InChI is InChI=1S/C22H24N2O2/c1-24-14-20(18-5-3-4-6-21(18)24)19(13-22(25)23-16-9-10-16)15-7-11-17(26-2)12-8-15/h3-8,11-12,14,16,19H,9-10,13H2,1-2H3,(H,23,25)/t19-/m1/s1. The molecule has 0 radical (unpaired) electrons. The third-order valence-corrected chi connectivity index (χ3v) is 5.15. The molecule has 1 atom stereocenters. The van der Waals surface area contributed by atoms with Gasteiger partial charge in [0.25, 0.3) is 0 Å². The average molecular weight is 348 g/mol. The average Bonchev–Trinajstić information content (AvgIpc) is 3.42. The Hall–Kier alpha value is -2.75. The predicted octanol–water partition coefficient (Wildman–Crippen LogP) is 3.99. The van der Waals surface area contributed by atoms with Crippen molar-refractivity contribution in [2.45, 2.75) is 31.2 Å². The molecule has 1 heterocycles. The maximum absolute atomic E-state index is 12.6. The molecule has 1 fully saturated rings. The van der Waals surface area contributed by atoms with Gasteiger partial charge in [0.15, 0.2) is 0 Å². The number of para-hydroxylation sites is 1. The van der Waals surface area contributed by atoms with E-state index in [0.717, 1.165) is 24.2 Å². The Kier molecular flexibility index (Phi) is 4.41. The third-order valence-electron chi connectivity index (χ3n) is 5.15. The SMILES string of the molecule is COc1ccc([C@@H](CC(=O)NC2CC2)c2cn(C)c3ccccc23)cc1. The summed E-state index contributed by atoms with van der Waals surface area (Å²) >= 11 is 0. The number of aromatic nitrogens is 1. The van der Waals surface area contributed by atoms with E-state index in [1.165, 1.54) is 16.5 Å². The van der Waals surface area contributed by atoms with Crippen LogP contribution in [0.15, 0.2) is 54.7 Å². The molecule has 1 amide bonds. The molecule has 26 heavy (non-hydrogen) atoms. The summed E-state index contributed by atoms with van der Waals surface area (Å²) in [5.41, 5.74) is 3.51. The molecule has 1 aliphatic carbocycles. The van der Waals surface area contributed by atoms with Gasteiger partial charge in [0.2, 0.25) is 5.91 Å². The zero-order chi connectivity index (χ0) is 18.1. The number of hydrogen-bond acceptors (Lipinski definition) is 2. The van der Waals surface area contributed by atoms with Crippen molar-refractivity contribution in [1.82, 2.24) is 9.88 Å². The van der Waals surface area contributed by atoms with E-state index in [1.54, 1.807) is 7.11 Å². The first-order chi connectivity index (χ1) is 12.7. The Balaban J connectivity index is 1.73. The molecule has 1 aromatic heterocycles. The summed E-state index contributed by atoms with van der Waals surface area (Å²) in [5, 5.41) is 4.33. The number of fused-ring (bicyclic) bond motifs is 1. The number of nitrogens with zero attached hydrogens (tertiary/aromatic N) is 1. The van der Waals surface area contributed by atoms with Gasteiger partial charge in [-0.25, -0.2) is 0 Å². The molecule has 0 spiro atoms. The van der Waals surface area contributed by atoms with Gasteiger partial charge in [-0.2, -0.15) is 0 Å². The van der Waals surface area contributed by atoms with E-state index in [9.17, 15) is 4.79 Å². The molecule has 3 aromatic rings. The molecule has 1 aliphatic rings. The number of amides is 1. The Bertz CT molecular complexity index is 923. The minimum atomic E-state index is 0.0192. The summed E-state index contributed by atoms with van der Waals surface area (Å²) in [6.45, 7) is 0. The van der Waals surface area contributed by atoms with Crippen molar-refractivity contribution < 1.29 is 9.53 Å². The fraction of sp³-hybridized carbons (Fsp3) is 0.318. The Morgan fingerprint density at radius 3 is 2.62 bits per heavy atom. The van der Waals surface area contributed by atoms with Crippen molar-refractivity contribution in [1.29, 1.82) is 0 Å². The second-order valence-corrected chi connectivity index (χ2v) is 7.08. The lowest BCUT2D eigenvalue weighted by Crippen LogP contribution is -2.27. The van der Waals surface area contributed by atoms with E-state index < -0.39 is 0 Å². The van der Waals surface area contributed by atoms with Crippen LogP contribution in [-0.4, -0.2) is 23.6 Å². The zero-order valence-corrected chi connectivity index (χ0v) is 15.2. The van der Waals surface area contributed by atoms with Crippen molar-refractivity contribution in [3.8, 4) is 5.75 Å².